The van der Waals surface area contributed by atoms with E-state index in [0.29, 0.717) is 17.3 Å². The monoisotopic (exact) mass is 364 g/mol. The van der Waals surface area contributed by atoms with Crippen LogP contribution in [-0.2, 0) is 4.79 Å². The molecule has 1 amide bonds. The molecule has 1 aromatic heterocycles. The van der Waals surface area contributed by atoms with Crippen molar-refractivity contribution < 1.29 is 4.79 Å². The molecule has 0 bridgehead atoms. The Balaban J connectivity index is 0.00000220. The quantitative estimate of drug-likeness (QED) is 0.850. The summed E-state index contributed by atoms with van der Waals surface area (Å²) in [6.07, 6.45) is 0. The maximum atomic E-state index is 11.7. The molecule has 0 saturated heterocycles. The highest BCUT2D eigenvalue weighted by atomic mass is 35.5. The number of carbonyl (C=O) groups is 1. The minimum Gasteiger partial charge on any atom is -0.330 e. The van der Waals surface area contributed by atoms with E-state index in [-0.39, 0.29) is 24.2 Å². The zero-order valence-electron chi connectivity index (χ0n) is 11.1. The number of amides is 1. The molecule has 1 heterocycles. The molecular formula is C12H14Cl2N4OS2. The van der Waals surface area contributed by atoms with Crippen LogP contribution in [0.2, 0.25) is 5.02 Å². The van der Waals surface area contributed by atoms with E-state index in [1.807, 2.05) is 6.07 Å². The molecule has 21 heavy (non-hydrogen) atoms. The summed E-state index contributed by atoms with van der Waals surface area (Å²) in [6.45, 7) is 2.08. The fourth-order valence-electron chi connectivity index (χ4n) is 1.34. The van der Waals surface area contributed by atoms with Crippen LogP contribution in [0.25, 0.3) is 0 Å². The molecule has 5 nitrogen and oxygen atoms in total. The van der Waals surface area contributed by atoms with Gasteiger partial charge in [-0.05, 0) is 18.2 Å². The van der Waals surface area contributed by atoms with Crippen molar-refractivity contribution in [3.8, 4) is 0 Å². The van der Waals surface area contributed by atoms with Crippen LogP contribution in [-0.4, -0.2) is 22.6 Å². The fraction of sp³-hybridized carbons (Fsp3) is 0.250. The van der Waals surface area contributed by atoms with Gasteiger partial charge in [-0.3, -0.25) is 4.79 Å². The normalized spacial score (nSPS) is 11.6. The minimum absolute atomic E-state index is 0. The maximum Gasteiger partial charge on any atom is 0.228 e. The lowest BCUT2D eigenvalue weighted by Crippen LogP contribution is -2.26. The number of nitrogens with zero attached hydrogens (tertiary/aromatic N) is 2. The SMILES string of the molecule is CC(CN)C(=O)Nc1ccc(Sc2nncs2)c(Cl)c1.Cl. The van der Waals surface area contributed by atoms with Gasteiger partial charge in [0.2, 0.25) is 5.91 Å². The summed E-state index contributed by atoms with van der Waals surface area (Å²) in [4.78, 5) is 12.6. The Morgan fingerprint density at radius 3 is 2.90 bits per heavy atom. The lowest BCUT2D eigenvalue weighted by molar-refractivity contribution is -0.119. The number of hydrogen-bond acceptors (Lipinski definition) is 6. The molecule has 9 heteroatoms. The van der Waals surface area contributed by atoms with Crippen molar-refractivity contribution in [2.45, 2.75) is 16.2 Å². The molecule has 2 aromatic rings. The van der Waals surface area contributed by atoms with Crippen LogP contribution in [0.15, 0.2) is 32.9 Å². The molecule has 0 radical (unpaired) electrons. The van der Waals surface area contributed by atoms with E-state index in [1.54, 1.807) is 24.6 Å². The van der Waals surface area contributed by atoms with E-state index in [1.165, 1.54) is 23.1 Å². The third kappa shape index (κ3) is 5.12. The summed E-state index contributed by atoms with van der Waals surface area (Å²) in [7, 11) is 0. The van der Waals surface area contributed by atoms with Gasteiger partial charge in [-0.2, -0.15) is 0 Å². The van der Waals surface area contributed by atoms with Crippen molar-refractivity contribution in [2.75, 3.05) is 11.9 Å². The molecule has 1 atom stereocenters. The molecule has 0 spiro atoms. The van der Waals surface area contributed by atoms with Crippen LogP contribution in [0.3, 0.4) is 0 Å². The van der Waals surface area contributed by atoms with Crippen molar-refractivity contribution in [3.05, 3.63) is 28.7 Å². The Kier molecular flexibility index (Phi) is 7.41. The van der Waals surface area contributed by atoms with Gasteiger partial charge >= 0.3 is 0 Å². The third-order valence-electron chi connectivity index (χ3n) is 2.54. The van der Waals surface area contributed by atoms with Gasteiger partial charge in [-0.15, -0.1) is 22.6 Å². The van der Waals surface area contributed by atoms with Crippen LogP contribution >= 0.6 is 47.1 Å². The minimum atomic E-state index is -0.232. The van der Waals surface area contributed by atoms with Gasteiger partial charge in [0.25, 0.3) is 0 Å². The number of nitrogens with one attached hydrogen (secondary N) is 1. The van der Waals surface area contributed by atoms with Gasteiger partial charge in [0, 0.05) is 23.0 Å². The number of halogens is 2. The van der Waals surface area contributed by atoms with Crippen LogP contribution in [0, 0.1) is 5.92 Å². The number of aromatic nitrogens is 2. The summed E-state index contributed by atoms with van der Waals surface area (Å²) >= 11 is 9.09. The predicted molar refractivity (Wildman–Crippen MR) is 89.6 cm³/mol. The number of anilines is 1. The summed E-state index contributed by atoms with van der Waals surface area (Å²) in [5.41, 5.74) is 7.77. The van der Waals surface area contributed by atoms with Crippen molar-refractivity contribution >= 4 is 58.7 Å². The molecule has 2 rings (SSSR count). The average Bonchev–Trinajstić information content (AvgIpc) is 2.93. The van der Waals surface area contributed by atoms with Crippen LogP contribution in [0.1, 0.15) is 6.92 Å². The van der Waals surface area contributed by atoms with Gasteiger partial charge in [-0.25, -0.2) is 0 Å². The predicted octanol–water partition coefficient (Wildman–Crippen LogP) is 3.30. The van der Waals surface area contributed by atoms with Crippen LogP contribution in [0.5, 0.6) is 0 Å². The summed E-state index contributed by atoms with van der Waals surface area (Å²) < 4.78 is 0.820. The van der Waals surface area contributed by atoms with E-state index < -0.39 is 0 Å². The van der Waals surface area contributed by atoms with Crippen molar-refractivity contribution in [3.63, 3.8) is 0 Å². The summed E-state index contributed by atoms with van der Waals surface area (Å²) in [5, 5.41) is 11.1. The molecule has 0 aliphatic rings. The van der Waals surface area contributed by atoms with Gasteiger partial charge in [0.1, 0.15) is 5.51 Å². The van der Waals surface area contributed by atoms with Gasteiger partial charge < -0.3 is 11.1 Å². The third-order valence-corrected chi connectivity index (χ3v) is 4.82. The number of hydrogen-bond donors (Lipinski definition) is 2. The van der Waals surface area contributed by atoms with Crippen molar-refractivity contribution in [1.29, 1.82) is 0 Å². The summed E-state index contributed by atoms with van der Waals surface area (Å²) in [6, 6.07) is 5.36. The highest BCUT2D eigenvalue weighted by molar-refractivity contribution is 8.01. The maximum absolute atomic E-state index is 11.7. The molecule has 1 unspecified atom stereocenters. The Labute approximate surface area is 142 Å². The standard InChI is InChI=1S/C12H13ClN4OS2.ClH/c1-7(5-14)11(18)16-8-2-3-10(9(13)4-8)20-12-17-15-6-19-12;/h2-4,6-7H,5,14H2,1H3,(H,16,18);1H. The Morgan fingerprint density at radius 1 is 1.57 bits per heavy atom. The van der Waals surface area contributed by atoms with Gasteiger partial charge in [-0.1, -0.05) is 41.6 Å². The first-order chi connectivity index (χ1) is 9.60. The second-order valence-electron chi connectivity index (χ2n) is 4.08. The van der Waals surface area contributed by atoms with Crippen molar-refractivity contribution in [1.82, 2.24) is 10.2 Å². The highest BCUT2D eigenvalue weighted by Gasteiger charge is 2.12. The lowest BCUT2D eigenvalue weighted by Gasteiger charge is -2.11. The van der Waals surface area contributed by atoms with Gasteiger partial charge in [0.05, 0.1) is 5.02 Å². The molecule has 1 aromatic carbocycles. The van der Waals surface area contributed by atoms with E-state index in [0.717, 1.165) is 9.24 Å². The highest BCUT2D eigenvalue weighted by Crippen LogP contribution is 2.35. The first-order valence-electron chi connectivity index (χ1n) is 5.84. The molecule has 3 N–H and O–H groups in total. The van der Waals surface area contributed by atoms with Crippen molar-refractivity contribution in [2.24, 2.45) is 11.7 Å². The Hall–Kier alpha value is -0.860. The largest absolute Gasteiger partial charge is 0.330 e. The number of carbonyl (C=O) groups excluding carboxylic acids is 1. The van der Waals surface area contributed by atoms with E-state index in [2.05, 4.69) is 15.5 Å². The molecule has 0 saturated carbocycles. The molecule has 0 aliphatic heterocycles. The average molecular weight is 365 g/mol. The van der Waals surface area contributed by atoms with Crippen LogP contribution < -0.4 is 11.1 Å². The van der Waals surface area contributed by atoms with E-state index in [9.17, 15) is 4.79 Å². The number of benzene rings is 1. The smallest absolute Gasteiger partial charge is 0.228 e. The van der Waals surface area contributed by atoms with E-state index >= 15 is 0 Å². The van der Waals surface area contributed by atoms with Crippen LogP contribution in [0.4, 0.5) is 5.69 Å². The molecule has 0 aliphatic carbocycles. The second-order valence-corrected chi connectivity index (χ2v) is 6.61. The first kappa shape index (κ1) is 18.2. The summed E-state index contributed by atoms with van der Waals surface area (Å²) in [5.74, 6) is -0.350. The zero-order valence-corrected chi connectivity index (χ0v) is 14.3. The molecule has 114 valence electrons. The topological polar surface area (TPSA) is 80.9 Å². The van der Waals surface area contributed by atoms with Gasteiger partial charge in [0.15, 0.2) is 4.34 Å². The first-order valence-corrected chi connectivity index (χ1v) is 7.92. The zero-order chi connectivity index (χ0) is 14.5. The molecular weight excluding hydrogens is 351 g/mol. The number of nitrogens with two attached hydrogens (primary N) is 1. The number of rotatable bonds is 5. The molecule has 0 fully saturated rings. The lowest BCUT2D eigenvalue weighted by atomic mass is 10.1. The second kappa shape index (κ2) is 8.55. The Morgan fingerprint density at radius 2 is 2.33 bits per heavy atom. The fourth-order valence-corrected chi connectivity index (χ4v) is 3.07. The van der Waals surface area contributed by atoms with E-state index in [4.69, 9.17) is 17.3 Å². The Bertz CT molecular complexity index is 595.